The van der Waals surface area contributed by atoms with Crippen LogP contribution in [0.2, 0.25) is 5.02 Å². The third kappa shape index (κ3) is 4.33. The largest absolute Gasteiger partial charge is 0.462 e. The fourth-order valence-electron chi connectivity index (χ4n) is 2.16. The van der Waals surface area contributed by atoms with E-state index in [1.165, 1.54) is 0 Å². The van der Waals surface area contributed by atoms with Crippen molar-refractivity contribution < 1.29 is 9.15 Å². The van der Waals surface area contributed by atoms with E-state index in [1.54, 1.807) is 7.11 Å². The highest BCUT2D eigenvalue weighted by Crippen LogP contribution is 2.32. The molecule has 0 aliphatic carbocycles. The summed E-state index contributed by atoms with van der Waals surface area (Å²) < 4.78 is 12.0. The molecule has 1 unspecified atom stereocenters. The zero-order valence-corrected chi connectivity index (χ0v) is 14.5. The number of hydrogen-bond acceptors (Lipinski definition) is 3. The molecule has 0 bridgehead atoms. The summed E-state index contributed by atoms with van der Waals surface area (Å²) in [6, 6.07) is 9.66. The third-order valence-electron chi connectivity index (χ3n) is 3.12. The van der Waals surface area contributed by atoms with Crippen LogP contribution in [0.4, 0.5) is 0 Å². The summed E-state index contributed by atoms with van der Waals surface area (Å²) in [4.78, 5) is 0. The van der Waals surface area contributed by atoms with Crippen molar-refractivity contribution in [3.63, 3.8) is 0 Å². The molecule has 21 heavy (non-hydrogen) atoms. The van der Waals surface area contributed by atoms with Gasteiger partial charge in [-0.1, -0.05) is 34.5 Å². The predicted octanol–water partition coefficient (Wildman–Crippen LogP) is 4.93. The fourth-order valence-corrected chi connectivity index (χ4v) is 2.81. The van der Waals surface area contributed by atoms with E-state index < -0.39 is 0 Å². The molecule has 2 rings (SSSR count). The lowest BCUT2D eigenvalue weighted by Gasteiger charge is -2.18. The number of nitrogens with one attached hydrogen (secondary N) is 1. The number of furan rings is 1. The lowest BCUT2D eigenvalue weighted by Crippen LogP contribution is -2.23. The van der Waals surface area contributed by atoms with Crippen molar-refractivity contribution >= 4 is 27.5 Å². The van der Waals surface area contributed by atoms with E-state index in [0.717, 1.165) is 34.5 Å². The molecule has 0 radical (unpaired) electrons. The first-order valence-corrected chi connectivity index (χ1v) is 8.08. The average Bonchev–Trinajstić information content (AvgIpc) is 2.92. The van der Waals surface area contributed by atoms with Gasteiger partial charge in [0.1, 0.15) is 18.1 Å². The van der Waals surface area contributed by atoms with Crippen LogP contribution in [0.15, 0.2) is 39.2 Å². The van der Waals surface area contributed by atoms with Crippen LogP contribution in [0.5, 0.6) is 0 Å². The zero-order chi connectivity index (χ0) is 15.2. The van der Waals surface area contributed by atoms with E-state index in [2.05, 4.69) is 28.2 Å². The first kappa shape index (κ1) is 16.6. The van der Waals surface area contributed by atoms with Gasteiger partial charge in [-0.25, -0.2) is 0 Å². The minimum Gasteiger partial charge on any atom is -0.462 e. The summed E-state index contributed by atoms with van der Waals surface area (Å²) in [5, 5.41) is 4.21. The molecule has 5 heteroatoms. The minimum absolute atomic E-state index is 0.0383. The van der Waals surface area contributed by atoms with Gasteiger partial charge in [-0.3, -0.25) is 0 Å². The quantitative estimate of drug-likeness (QED) is 0.748. The molecule has 1 atom stereocenters. The maximum Gasteiger partial charge on any atom is 0.129 e. The Bertz CT molecular complexity index is 585. The molecule has 0 spiro atoms. The molecule has 0 amide bonds. The van der Waals surface area contributed by atoms with Crippen LogP contribution in [-0.2, 0) is 11.3 Å². The van der Waals surface area contributed by atoms with E-state index in [-0.39, 0.29) is 6.04 Å². The molecule has 2 aromatic rings. The first-order chi connectivity index (χ1) is 10.2. The zero-order valence-electron chi connectivity index (χ0n) is 12.2. The highest BCUT2D eigenvalue weighted by atomic mass is 79.9. The normalized spacial score (nSPS) is 12.6. The van der Waals surface area contributed by atoms with Crippen molar-refractivity contribution in [1.82, 2.24) is 5.32 Å². The smallest absolute Gasteiger partial charge is 0.129 e. The van der Waals surface area contributed by atoms with Crippen LogP contribution in [-0.4, -0.2) is 13.7 Å². The molecule has 0 saturated heterocycles. The van der Waals surface area contributed by atoms with Gasteiger partial charge in [0.25, 0.3) is 0 Å². The third-order valence-corrected chi connectivity index (χ3v) is 4.08. The highest BCUT2D eigenvalue weighted by Gasteiger charge is 2.20. The summed E-state index contributed by atoms with van der Waals surface area (Å²) in [6.45, 7) is 3.50. The second-order valence-electron chi connectivity index (χ2n) is 4.79. The Morgan fingerprint density at radius 1 is 1.33 bits per heavy atom. The van der Waals surface area contributed by atoms with E-state index in [9.17, 15) is 0 Å². The second-order valence-corrected chi connectivity index (χ2v) is 6.08. The van der Waals surface area contributed by atoms with E-state index >= 15 is 0 Å². The molecular weight excluding hydrogens is 354 g/mol. The number of halogens is 2. The van der Waals surface area contributed by atoms with Crippen molar-refractivity contribution in [2.45, 2.75) is 26.0 Å². The maximum atomic E-state index is 6.14. The van der Waals surface area contributed by atoms with E-state index in [1.807, 2.05) is 30.3 Å². The van der Waals surface area contributed by atoms with Gasteiger partial charge >= 0.3 is 0 Å². The Balaban J connectivity index is 2.34. The van der Waals surface area contributed by atoms with Gasteiger partial charge in [-0.15, -0.1) is 0 Å². The topological polar surface area (TPSA) is 34.4 Å². The van der Waals surface area contributed by atoms with Crippen molar-refractivity contribution in [3.8, 4) is 0 Å². The summed E-state index contributed by atoms with van der Waals surface area (Å²) in [5.41, 5.74) is 1.06. The molecule has 0 aliphatic rings. The van der Waals surface area contributed by atoms with Crippen LogP contribution >= 0.6 is 27.5 Å². The predicted molar refractivity (Wildman–Crippen MR) is 88.7 cm³/mol. The summed E-state index contributed by atoms with van der Waals surface area (Å²) in [6.07, 6.45) is 1.04. The molecule has 0 saturated carbocycles. The summed E-state index contributed by atoms with van der Waals surface area (Å²) in [7, 11) is 1.66. The summed E-state index contributed by atoms with van der Waals surface area (Å²) in [5.74, 6) is 1.67. The SMILES string of the molecule is CCCNC(c1ccc(COC)o1)c1cc(Cl)ccc1Br. The molecule has 1 heterocycles. The lowest BCUT2D eigenvalue weighted by atomic mass is 10.0. The Morgan fingerprint density at radius 2 is 2.14 bits per heavy atom. The van der Waals surface area contributed by atoms with Crippen LogP contribution < -0.4 is 5.32 Å². The van der Waals surface area contributed by atoms with E-state index in [0.29, 0.717) is 11.6 Å². The van der Waals surface area contributed by atoms with Gasteiger partial charge in [0.05, 0.1) is 6.04 Å². The van der Waals surface area contributed by atoms with Crippen LogP contribution in [0.1, 0.15) is 36.5 Å². The molecule has 1 aromatic heterocycles. The molecular formula is C16H19BrClNO2. The first-order valence-electron chi connectivity index (χ1n) is 6.91. The lowest BCUT2D eigenvalue weighted by molar-refractivity contribution is 0.162. The fraction of sp³-hybridized carbons (Fsp3) is 0.375. The number of hydrogen-bond donors (Lipinski definition) is 1. The van der Waals surface area contributed by atoms with Crippen LogP contribution in [0.25, 0.3) is 0 Å². The standard InChI is InChI=1S/C16H19BrClNO2/c1-3-8-19-16(13-9-11(18)4-6-14(13)17)15-7-5-12(21-15)10-20-2/h4-7,9,16,19H,3,8,10H2,1-2H3. The Kier molecular flexibility index (Phi) is 6.30. The van der Waals surface area contributed by atoms with Crippen LogP contribution in [0.3, 0.4) is 0 Å². The number of benzene rings is 1. The molecule has 0 fully saturated rings. The van der Waals surface area contributed by atoms with Gasteiger partial charge in [0.15, 0.2) is 0 Å². The van der Waals surface area contributed by atoms with Gasteiger partial charge in [0, 0.05) is 16.6 Å². The molecule has 1 N–H and O–H groups in total. The number of rotatable bonds is 7. The number of methoxy groups -OCH3 is 1. The van der Waals surface area contributed by atoms with Crippen molar-refractivity contribution in [2.24, 2.45) is 0 Å². The van der Waals surface area contributed by atoms with Gasteiger partial charge in [-0.05, 0) is 48.9 Å². The van der Waals surface area contributed by atoms with Crippen molar-refractivity contribution in [1.29, 1.82) is 0 Å². The summed E-state index contributed by atoms with van der Waals surface area (Å²) >= 11 is 9.73. The van der Waals surface area contributed by atoms with Gasteiger partial charge in [-0.2, -0.15) is 0 Å². The second kappa shape index (κ2) is 7.99. The Morgan fingerprint density at radius 3 is 2.86 bits per heavy atom. The Hall–Kier alpha value is -0.810. The molecule has 1 aromatic carbocycles. The van der Waals surface area contributed by atoms with Crippen molar-refractivity contribution in [3.05, 3.63) is 56.9 Å². The molecule has 114 valence electrons. The van der Waals surface area contributed by atoms with E-state index in [4.69, 9.17) is 20.8 Å². The van der Waals surface area contributed by atoms with Crippen molar-refractivity contribution in [2.75, 3.05) is 13.7 Å². The van der Waals surface area contributed by atoms with Gasteiger partial charge in [0.2, 0.25) is 0 Å². The minimum atomic E-state index is -0.0383. The molecule has 0 aliphatic heterocycles. The highest BCUT2D eigenvalue weighted by molar-refractivity contribution is 9.10. The maximum absolute atomic E-state index is 6.14. The number of ether oxygens (including phenoxy) is 1. The van der Waals surface area contributed by atoms with Crippen LogP contribution in [0, 0.1) is 0 Å². The Labute approximate surface area is 138 Å². The van der Waals surface area contributed by atoms with Gasteiger partial charge < -0.3 is 14.5 Å². The molecule has 3 nitrogen and oxygen atoms in total. The monoisotopic (exact) mass is 371 g/mol. The average molecular weight is 373 g/mol.